The van der Waals surface area contributed by atoms with Crippen molar-refractivity contribution < 1.29 is 4.74 Å². The van der Waals surface area contributed by atoms with Gasteiger partial charge in [-0.1, -0.05) is 6.42 Å². The van der Waals surface area contributed by atoms with E-state index < -0.39 is 0 Å². The minimum atomic E-state index is 0.614. The van der Waals surface area contributed by atoms with Gasteiger partial charge < -0.3 is 10.5 Å². The Morgan fingerprint density at radius 2 is 2.37 bits per heavy atom. The third kappa shape index (κ3) is 4.80. The predicted molar refractivity (Wildman–Crippen MR) is 77.8 cm³/mol. The highest BCUT2D eigenvalue weighted by atomic mass is 16.5. The van der Waals surface area contributed by atoms with Gasteiger partial charge in [0.1, 0.15) is 5.82 Å². The summed E-state index contributed by atoms with van der Waals surface area (Å²) in [6.07, 6.45) is 6.93. The van der Waals surface area contributed by atoms with Crippen LogP contribution in [0.4, 0.5) is 5.82 Å². The van der Waals surface area contributed by atoms with Crippen LogP contribution >= 0.6 is 0 Å². The van der Waals surface area contributed by atoms with Crippen LogP contribution in [-0.2, 0) is 11.3 Å². The molecule has 19 heavy (non-hydrogen) atoms. The molecule has 0 saturated carbocycles. The number of anilines is 1. The van der Waals surface area contributed by atoms with Gasteiger partial charge >= 0.3 is 0 Å². The monoisotopic (exact) mass is 263 g/mol. The molecule has 1 aliphatic heterocycles. The van der Waals surface area contributed by atoms with Crippen LogP contribution in [0.3, 0.4) is 0 Å². The highest BCUT2D eigenvalue weighted by Crippen LogP contribution is 2.21. The molecule has 0 spiro atoms. The lowest BCUT2D eigenvalue weighted by molar-refractivity contribution is 0.158. The summed E-state index contributed by atoms with van der Waals surface area (Å²) >= 11 is 0. The highest BCUT2D eigenvalue weighted by Gasteiger charge is 2.18. The molecule has 1 aromatic rings. The number of rotatable bonds is 5. The Bertz CT molecular complexity index is 383. The summed E-state index contributed by atoms with van der Waals surface area (Å²) in [6, 6.07) is 4.04. The normalized spacial score (nSPS) is 21.2. The number of methoxy groups -OCH3 is 1. The fourth-order valence-corrected chi connectivity index (χ4v) is 2.83. The van der Waals surface area contributed by atoms with Gasteiger partial charge in [0.15, 0.2) is 0 Å². The number of pyridine rings is 1. The maximum absolute atomic E-state index is 5.74. The van der Waals surface area contributed by atoms with E-state index in [0.29, 0.717) is 5.82 Å². The van der Waals surface area contributed by atoms with E-state index in [9.17, 15) is 0 Å². The Kier molecular flexibility index (Phi) is 5.61. The Hall–Kier alpha value is -1.13. The Balaban J connectivity index is 1.90. The molecule has 2 N–H and O–H groups in total. The SMILES string of the molecule is COCCC1CCCCN(Cc2ccnc(N)c2)C1. The number of hydrogen-bond acceptors (Lipinski definition) is 4. The molecule has 1 atom stereocenters. The third-order valence-electron chi connectivity index (χ3n) is 3.84. The van der Waals surface area contributed by atoms with Crippen LogP contribution in [0, 0.1) is 5.92 Å². The summed E-state index contributed by atoms with van der Waals surface area (Å²) < 4.78 is 5.21. The minimum absolute atomic E-state index is 0.614. The molecule has 1 unspecified atom stereocenters. The molecule has 1 aromatic heterocycles. The van der Waals surface area contributed by atoms with E-state index in [-0.39, 0.29) is 0 Å². The summed E-state index contributed by atoms with van der Waals surface area (Å²) in [5, 5.41) is 0. The standard InChI is InChI=1S/C15H25N3O/c1-19-9-6-13-4-2-3-8-18(11-13)12-14-5-7-17-15(16)10-14/h5,7,10,13H,2-4,6,8-9,11-12H2,1H3,(H2,16,17). The quantitative estimate of drug-likeness (QED) is 0.885. The van der Waals surface area contributed by atoms with Gasteiger partial charge in [-0.05, 0) is 49.4 Å². The van der Waals surface area contributed by atoms with E-state index >= 15 is 0 Å². The van der Waals surface area contributed by atoms with E-state index in [0.717, 1.165) is 19.1 Å². The lowest BCUT2D eigenvalue weighted by Crippen LogP contribution is -2.28. The second-order valence-corrected chi connectivity index (χ2v) is 5.47. The van der Waals surface area contributed by atoms with Gasteiger partial charge in [-0.15, -0.1) is 0 Å². The first-order chi connectivity index (χ1) is 9.28. The molecule has 4 heteroatoms. The zero-order valence-electron chi connectivity index (χ0n) is 11.8. The van der Waals surface area contributed by atoms with Gasteiger partial charge in [-0.3, -0.25) is 4.90 Å². The highest BCUT2D eigenvalue weighted by molar-refractivity contribution is 5.31. The molecule has 0 radical (unpaired) electrons. The molecule has 2 heterocycles. The Morgan fingerprint density at radius 3 is 3.16 bits per heavy atom. The first-order valence-corrected chi connectivity index (χ1v) is 7.19. The van der Waals surface area contributed by atoms with Gasteiger partial charge in [0.2, 0.25) is 0 Å². The lowest BCUT2D eigenvalue weighted by atomic mass is 10.00. The van der Waals surface area contributed by atoms with Gasteiger partial charge in [-0.25, -0.2) is 4.98 Å². The molecule has 0 aliphatic carbocycles. The molecule has 1 fully saturated rings. The van der Waals surface area contributed by atoms with Crippen molar-refractivity contribution in [3.05, 3.63) is 23.9 Å². The maximum atomic E-state index is 5.74. The van der Waals surface area contributed by atoms with Crippen molar-refractivity contribution >= 4 is 5.82 Å². The Morgan fingerprint density at radius 1 is 1.47 bits per heavy atom. The van der Waals surface area contributed by atoms with Crippen LogP contribution in [-0.4, -0.2) is 36.7 Å². The predicted octanol–water partition coefficient (Wildman–Crippen LogP) is 2.30. The fourth-order valence-electron chi connectivity index (χ4n) is 2.83. The summed E-state index contributed by atoms with van der Waals surface area (Å²) in [7, 11) is 1.79. The second kappa shape index (κ2) is 7.46. The van der Waals surface area contributed by atoms with Crippen LogP contribution in [0.2, 0.25) is 0 Å². The topological polar surface area (TPSA) is 51.4 Å². The van der Waals surface area contributed by atoms with Crippen LogP contribution < -0.4 is 5.73 Å². The van der Waals surface area contributed by atoms with Crippen molar-refractivity contribution in [1.29, 1.82) is 0 Å². The van der Waals surface area contributed by atoms with Gasteiger partial charge in [0, 0.05) is 33.0 Å². The van der Waals surface area contributed by atoms with Crippen LogP contribution in [0.1, 0.15) is 31.2 Å². The summed E-state index contributed by atoms with van der Waals surface area (Å²) in [5.41, 5.74) is 7.01. The molecule has 0 bridgehead atoms. The first-order valence-electron chi connectivity index (χ1n) is 7.19. The average molecular weight is 263 g/mol. The van der Waals surface area contributed by atoms with E-state index in [1.807, 2.05) is 6.07 Å². The minimum Gasteiger partial charge on any atom is -0.385 e. The van der Waals surface area contributed by atoms with Crippen LogP contribution in [0.5, 0.6) is 0 Å². The Labute approximate surface area is 116 Å². The van der Waals surface area contributed by atoms with Gasteiger partial charge in [-0.2, -0.15) is 0 Å². The molecule has 2 rings (SSSR count). The zero-order chi connectivity index (χ0) is 13.5. The third-order valence-corrected chi connectivity index (χ3v) is 3.84. The second-order valence-electron chi connectivity index (χ2n) is 5.47. The smallest absolute Gasteiger partial charge is 0.123 e. The number of hydrogen-bond donors (Lipinski definition) is 1. The molecule has 0 aromatic carbocycles. The fraction of sp³-hybridized carbons (Fsp3) is 0.667. The van der Waals surface area contributed by atoms with E-state index in [1.54, 1.807) is 13.3 Å². The number of nitrogen functional groups attached to an aromatic ring is 1. The van der Waals surface area contributed by atoms with Crippen LogP contribution in [0.25, 0.3) is 0 Å². The van der Waals surface area contributed by atoms with Gasteiger partial charge in [0.05, 0.1) is 0 Å². The largest absolute Gasteiger partial charge is 0.385 e. The summed E-state index contributed by atoms with van der Waals surface area (Å²) in [6.45, 7) is 4.22. The number of nitrogens with two attached hydrogens (primary N) is 1. The number of likely N-dealkylation sites (tertiary alicyclic amines) is 1. The maximum Gasteiger partial charge on any atom is 0.123 e. The van der Waals surface area contributed by atoms with Crippen molar-refractivity contribution in [2.24, 2.45) is 5.92 Å². The molecule has 106 valence electrons. The van der Waals surface area contributed by atoms with Crippen molar-refractivity contribution in [3.63, 3.8) is 0 Å². The molecule has 4 nitrogen and oxygen atoms in total. The van der Waals surface area contributed by atoms with E-state index in [1.165, 1.54) is 44.3 Å². The molecular formula is C15H25N3O. The van der Waals surface area contributed by atoms with E-state index in [4.69, 9.17) is 10.5 Å². The van der Waals surface area contributed by atoms with Crippen molar-refractivity contribution in [2.75, 3.05) is 32.5 Å². The molecule has 1 saturated heterocycles. The molecule has 1 aliphatic rings. The summed E-state index contributed by atoms with van der Waals surface area (Å²) in [4.78, 5) is 6.59. The van der Waals surface area contributed by atoms with Crippen LogP contribution in [0.15, 0.2) is 18.3 Å². The first kappa shape index (κ1) is 14.3. The number of ether oxygens (including phenoxy) is 1. The lowest BCUT2D eigenvalue weighted by Gasteiger charge is -2.24. The number of nitrogens with zero attached hydrogens (tertiary/aromatic N) is 2. The van der Waals surface area contributed by atoms with E-state index in [2.05, 4.69) is 16.0 Å². The van der Waals surface area contributed by atoms with Crippen molar-refractivity contribution in [2.45, 2.75) is 32.2 Å². The van der Waals surface area contributed by atoms with Crippen molar-refractivity contribution in [1.82, 2.24) is 9.88 Å². The molecular weight excluding hydrogens is 238 g/mol. The molecule has 0 amide bonds. The van der Waals surface area contributed by atoms with Crippen molar-refractivity contribution in [3.8, 4) is 0 Å². The average Bonchev–Trinajstić information content (AvgIpc) is 2.62. The number of aromatic nitrogens is 1. The van der Waals surface area contributed by atoms with Gasteiger partial charge in [0.25, 0.3) is 0 Å². The zero-order valence-corrected chi connectivity index (χ0v) is 11.8. The summed E-state index contributed by atoms with van der Waals surface area (Å²) in [5.74, 6) is 1.38.